The van der Waals surface area contributed by atoms with Gasteiger partial charge < -0.3 is 10.2 Å². The van der Waals surface area contributed by atoms with Crippen molar-refractivity contribution in [3.05, 3.63) is 18.0 Å². The molecule has 18 heavy (non-hydrogen) atoms. The van der Waals surface area contributed by atoms with Crippen LogP contribution in [0.3, 0.4) is 0 Å². The molecule has 1 atom stereocenters. The fraction of sp³-hybridized carbons (Fsp3) is 0.786. The highest BCUT2D eigenvalue weighted by atomic mass is 15.3. The van der Waals surface area contributed by atoms with Crippen molar-refractivity contribution in [1.29, 1.82) is 0 Å². The standard InChI is InChI=1S/C14H28N4/c1-5-11-18-14(8-10-16-18)13(15-4)9-12-17(6-2)7-3/h8,10,13,15H,5-7,9,11-12H2,1-4H3. The van der Waals surface area contributed by atoms with Crippen molar-refractivity contribution < 1.29 is 0 Å². The highest BCUT2D eigenvalue weighted by molar-refractivity contribution is 5.07. The monoisotopic (exact) mass is 252 g/mol. The Bertz CT molecular complexity index is 317. The van der Waals surface area contributed by atoms with E-state index in [1.165, 1.54) is 5.69 Å². The first-order valence-electron chi connectivity index (χ1n) is 7.18. The van der Waals surface area contributed by atoms with Gasteiger partial charge in [-0.1, -0.05) is 20.8 Å². The van der Waals surface area contributed by atoms with Crippen LogP contribution >= 0.6 is 0 Å². The Hall–Kier alpha value is -0.870. The summed E-state index contributed by atoms with van der Waals surface area (Å²) in [5.41, 5.74) is 1.31. The fourth-order valence-electron chi connectivity index (χ4n) is 2.33. The molecule has 1 N–H and O–H groups in total. The van der Waals surface area contributed by atoms with Gasteiger partial charge in [0, 0.05) is 12.7 Å². The summed E-state index contributed by atoms with van der Waals surface area (Å²) < 4.78 is 2.13. The maximum absolute atomic E-state index is 4.41. The van der Waals surface area contributed by atoms with Crippen LogP contribution in [0.15, 0.2) is 12.3 Å². The number of hydrogen-bond acceptors (Lipinski definition) is 3. The second-order valence-electron chi connectivity index (χ2n) is 4.64. The highest BCUT2D eigenvalue weighted by Gasteiger charge is 2.14. The molecule has 0 amide bonds. The van der Waals surface area contributed by atoms with Crippen molar-refractivity contribution >= 4 is 0 Å². The van der Waals surface area contributed by atoms with Crippen LogP contribution < -0.4 is 5.32 Å². The number of rotatable bonds is 9. The zero-order valence-corrected chi connectivity index (χ0v) is 12.3. The molecule has 4 nitrogen and oxygen atoms in total. The summed E-state index contributed by atoms with van der Waals surface area (Å²) in [5.74, 6) is 0. The molecule has 0 radical (unpaired) electrons. The van der Waals surface area contributed by atoms with Crippen LogP contribution in [0.5, 0.6) is 0 Å². The van der Waals surface area contributed by atoms with Gasteiger partial charge in [-0.3, -0.25) is 4.68 Å². The molecular formula is C14H28N4. The maximum atomic E-state index is 4.41. The first-order valence-corrected chi connectivity index (χ1v) is 7.18. The number of nitrogens with one attached hydrogen (secondary N) is 1. The van der Waals surface area contributed by atoms with E-state index in [1.807, 2.05) is 13.2 Å². The Balaban J connectivity index is 2.61. The first-order chi connectivity index (χ1) is 8.76. The molecule has 4 heteroatoms. The molecule has 1 unspecified atom stereocenters. The quantitative estimate of drug-likeness (QED) is 0.732. The SMILES string of the molecule is CCCn1nccc1C(CCN(CC)CC)NC. The van der Waals surface area contributed by atoms with Gasteiger partial charge in [0.1, 0.15) is 0 Å². The Morgan fingerprint density at radius 3 is 2.61 bits per heavy atom. The van der Waals surface area contributed by atoms with Gasteiger partial charge in [-0.05, 0) is 45.6 Å². The largest absolute Gasteiger partial charge is 0.312 e. The zero-order valence-electron chi connectivity index (χ0n) is 12.3. The van der Waals surface area contributed by atoms with E-state index >= 15 is 0 Å². The summed E-state index contributed by atoms with van der Waals surface area (Å²) >= 11 is 0. The van der Waals surface area contributed by atoms with Crippen LogP contribution in [-0.4, -0.2) is 41.4 Å². The molecule has 0 fully saturated rings. The van der Waals surface area contributed by atoms with E-state index in [2.05, 4.69) is 46.8 Å². The average molecular weight is 252 g/mol. The molecule has 0 aromatic carbocycles. The van der Waals surface area contributed by atoms with Crippen LogP contribution in [0.1, 0.15) is 45.3 Å². The van der Waals surface area contributed by atoms with Crippen molar-refractivity contribution in [1.82, 2.24) is 20.0 Å². The second kappa shape index (κ2) is 8.27. The van der Waals surface area contributed by atoms with E-state index in [0.29, 0.717) is 6.04 Å². The summed E-state index contributed by atoms with van der Waals surface area (Å²) in [6, 6.07) is 2.54. The second-order valence-corrected chi connectivity index (χ2v) is 4.64. The van der Waals surface area contributed by atoms with Crippen molar-refractivity contribution in [3.63, 3.8) is 0 Å². The third-order valence-electron chi connectivity index (χ3n) is 3.52. The minimum atomic E-state index is 0.402. The first kappa shape index (κ1) is 15.2. The molecule has 0 aliphatic carbocycles. The topological polar surface area (TPSA) is 33.1 Å². The lowest BCUT2D eigenvalue weighted by Crippen LogP contribution is -2.29. The zero-order chi connectivity index (χ0) is 13.4. The highest BCUT2D eigenvalue weighted by Crippen LogP contribution is 2.16. The molecular weight excluding hydrogens is 224 g/mol. The van der Waals surface area contributed by atoms with Crippen molar-refractivity contribution in [2.45, 2.75) is 46.2 Å². The van der Waals surface area contributed by atoms with E-state index < -0.39 is 0 Å². The van der Waals surface area contributed by atoms with Crippen molar-refractivity contribution in [2.24, 2.45) is 0 Å². The lowest BCUT2D eigenvalue weighted by molar-refractivity contribution is 0.281. The molecule has 1 aromatic heterocycles. The minimum Gasteiger partial charge on any atom is -0.312 e. The summed E-state index contributed by atoms with van der Waals surface area (Å²) in [6.07, 6.45) is 4.17. The lowest BCUT2D eigenvalue weighted by Gasteiger charge is -2.23. The van der Waals surface area contributed by atoms with E-state index in [0.717, 1.165) is 39.0 Å². The van der Waals surface area contributed by atoms with E-state index in [4.69, 9.17) is 0 Å². The molecule has 0 spiro atoms. The molecule has 104 valence electrons. The number of aryl methyl sites for hydroxylation is 1. The Morgan fingerprint density at radius 1 is 1.33 bits per heavy atom. The van der Waals surface area contributed by atoms with Gasteiger partial charge in [-0.2, -0.15) is 5.10 Å². The Labute approximate surface area is 111 Å². The van der Waals surface area contributed by atoms with E-state index in [1.54, 1.807) is 0 Å². The van der Waals surface area contributed by atoms with Gasteiger partial charge in [0.2, 0.25) is 0 Å². The Morgan fingerprint density at radius 2 is 2.06 bits per heavy atom. The summed E-state index contributed by atoms with van der Waals surface area (Å²) in [6.45, 7) is 11.0. The normalized spacial score (nSPS) is 13.2. The van der Waals surface area contributed by atoms with Gasteiger partial charge in [-0.15, -0.1) is 0 Å². The third-order valence-corrected chi connectivity index (χ3v) is 3.52. The van der Waals surface area contributed by atoms with Crippen LogP contribution in [0.2, 0.25) is 0 Å². The van der Waals surface area contributed by atoms with E-state index in [9.17, 15) is 0 Å². The number of hydrogen-bond donors (Lipinski definition) is 1. The van der Waals surface area contributed by atoms with Gasteiger partial charge in [0.15, 0.2) is 0 Å². The molecule has 0 aliphatic heterocycles. The van der Waals surface area contributed by atoms with Crippen molar-refractivity contribution in [3.8, 4) is 0 Å². The van der Waals surface area contributed by atoms with Crippen LogP contribution in [-0.2, 0) is 6.54 Å². The molecule has 1 rings (SSSR count). The maximum Gasteiger partial charge on any atom is 0.0553 e. The number of aromatic nitrogens is 2. The average Bonchev–Trinajstić information content (AvgIpc) is 2.84. The summed E-state index contributed by atoms with van der Waals surface area (Å²) in [5, 5.41) is 7.82. The van der Waals surface area contributed by atoms with Crippen LogP contribution in [0, 0.1) is 0 Å². The summed E-state index contributed by atoms with van der Waals surface area (Å²) in [4.78, 5) is 2.46. The van der Waals surface area contributed by atoms with Gasteiger partial charge in [-0.25, -0.2) is 0 Å². The van der Waals surface area contributed by atoms with Gasteiger partial charge >= 0.3 is 0 Å². The van der Waals surface area contributed by atoms with Crippen molar-refractivity contribution in [2.75, 3.05) is 26.7 Å². The smallest absolute Gasteiger partial charge is 0.0553 e. The predicted molar refractivity (Wildman–Crippen MR) is 76.7 cm³/mol. The van der Waals surface area contributed by atoms with Crippen LogP contribution in [0.4, 0.5) is 0 Å². The van der Waals surface area contributed by atoms with E-state index in [-0.39, 0.29) is 0 Å². The third kappa shape index (κ3) is 4.10. The molecule has 0 bridgehead atoms. The predicted octanol–water partition coefficient (Wildman–Crippen LogP) is 2.29. The molecule has 0 saturated carbocycles. The Kier molecular flexibility index (Phi) is 6.98. The lowest BCUT2D eigenvalue weighted by atomic mass is 10.1. The van der Waals surface area contributed by atoms with Crippen LogP contribution in [0.25, 0.3) is 0 Å². The van der Waals surface area contributed by atoms with Gasteiger partial charge in [0.05, 0.1) is 11.7 Å². The molecule has 0 aliphatic rings. The van der Waals surface area contributed by atoms with Gasteiger partial charge in [0.25, 0.3) is 0 Å². The number of nitrogens with zero attached hydrogens (tertiary/aromatic N) is 3. The molecule has 1 heterocycles. The fourth-order valence-corrected chi connectivity index (χ4v) is 2.33. The molecule has 0 saturated heterocycles. The molecule has 1 aromatic rings. The minimum absolute atomic E-state index is 0.402. The summed E-state index contributed by atoms with van der Waals surface area (Å²) in [7, 11) is 2.04.